The highest BCUT2D eigenvalue weighted by Crippen LogP contribution is 2.06. The number of hydrogen-bond acceptors (Lipinski definition) is 4. The Bertz CT molecular complexity index is 293. The van der Waals surface area contributed by atoms with Gasteiger partial charge in [0.15, 0.2) is 6.29 Å². The highest BCUT2D eigenvalue weighted by molar-refractivity contribution is 5.04. The second-order valence-electron chi connectivity index (χ2n) is 3.82. The third-order valence-corrected chi connectivity index (χ3v) is 2.36. The van der Waals surface area contributed by atoms with E-state index in [1.54, 1.807) is 0 Å². The Hall–Kier alpha value is -0.840. The van der Waals surface area contributed by atoms with Crippen molar-refractivity contribution in [3.05, 3.63) is 23.7 Å². The van der Waals surface area contributed by atoms with Crippen LogP contribution >= 0.6 is 0 Å². The van der Waals surface area contributed by atoms with Gasteiger partial charge < -0.3 is 19.2 Å². The molecule has 0 aliphatic carbocycles. The van der Waals surface area contributed by atoms with Crippen LogP contribution in [0.3, 0.4) is 0 Å². The summed E-state index contributed by atoms with van der Waals surface area (Å²) in [5.74, 6) is 1.91. The third kappa shape index (κ3) is 5.86. The Labute approximate surface area is 103 Å². The largest absolute Gasteiger partial charge is 0.465 e. The lowest BCUT2D eigenvalue weighted by atomic mass is 10.4. The number of aryl methyl sites for hydroxylation is 1. The monoisotopic (exact) mass is 241 g/mol. The highest BCUT2D eigenvalue weighted by Gasteiger charge is 2.07. The molecule has 1 aromatic heterocycles. The first-order valence-corrected chi connectivity index (χ1v) is 6.25. The maximum absolute atomic E-state index is 5.46. The van der Waals surface area contributed by atoms with Gasteiger partial charge in [0.05, 0.1) is 6.54 Å². The van der Waals surface area contributed by atoms with E-state index in [1.807, 2.05) is 32.9 Å². The van der Waals surface area contributed by atoms with Crippen LogP contribution in [0.4, 0.5) is 0 Å². The van der Waals surface area contributed by atoms with Crippen LogP contribution in [0.1, 0.15) is 31.8 Å². The zero-order valence-corrected chi connectivity index (χ0v) is 11.0. The standard InChI is InChI=1S/C13H23NO3/c1-4-15-13(16-5-2)8-9-14-10-12-7-6-11(3)17-12/h6-7,13-14H,4-5,8-10H2,1-3H3. The Morgan fingerprint density at radius 2 is 1.94 bits per heavy atom. The van der Waals surface area contributed by atoms with Crippen molar-refractivity contribution in [2.45, 2.75) is 40.0 Å². The average Bonchev–Trinajstić information content (AvgIpc) is 2.71. The molecule has 0 fully saturated rings. The van der Waals surface area contributed by atoms with Crippen LogP contribution < -0.4 is 5.32 Å². The van der Waals surface area contributed by atoms with Crippen LogP contribution in [0, 0.1) is 6.92 Å². The van der Waals surface area contributed by atoms with Gasteiger partial charge in [0.25, 0.3) is 0 Å². The Balaban J connectivity index is 2.13. The van der Waals surface area contributed by atoms with E-state index in [9.17, 15) is 0 Å². The van der Waals surface area contributed by atoms with Crippen molar-refractivity contribution < 1.29 is 13.9 Å². The van der Waals surface area contributed by atoms with Gasteiger partial charge >= 0.3 is 0 Å². The van der Waals surface area contributed by atoms with Crippen LogP contribution in [-0.2, 0) is 16.0 Å². The number of hydrogen-bond donors (Lipinski definition) is 1. The van der Waals surface area contributed by atoms with Crippen molar-refractivity contribution in [2.75, 3.05) is 19.8 Å². The van der Waals surface area contributed by atoms with E-state index in [-0.39, 0.29) is 6.29 Å². The zero-order valence-electron chi connectivity index (χ0n) is 11.0. The van der Waals surface area contributed by atoms with Gasteiger partial charge in [-0.2, -0.15) is 0 Å². The van der Waals surface area contributed by atoms with Crippen LogP contribution in [0.2, 0.25) is 0 Å². The van der Waals surface area contributed by atoms with Crippen molar-refractivity contribution in [3.8, 4) is 0 Å². The van der Waals surface area contributed by atoms with Crippen molar-refractivity contribution in [2.24, 2.45) is 0 Å². The molecule has 0 aliphatic rings. The van der Waals surface area contributed by atoms with Crippen molar-refractivity contribution in [3.63, 3.8) is 0 Å². The summed E-state index contributed by atoms with van der Waals surface area (Å²) in [6, 6.07) is 3.96. The molecule has 0 aliphatic heterocycles. The van der Waals surface area contributed by atoms with E-state index >= 15 is 0 Å². The summed E-state index contributed by atoms with van der Waals surface area (Å²) in [6.45, 7) is 8.87. The summed E-state index contributed by atoms with van der Waals surface area (Å²) in [4.78, 5) is 0. The first-order valence-electron chi connectivity index (χ1n) is 6.25. The van der Waals surface area contributed by atoms with Crippen LogP contribution in [0.25, 0.3) is 0 Å². The molecule has 0 bridgehead atoms. The Morgan fingerprint density at radius 1 is 1.24 bits per heavy atom. The molecule has 0 unspecified atom stereocenters. The topological polar surface area (TPSA) is 43.6 Å². The molecule has 17 heavy (non-hydrogen) atoms. The number of rotatable bonds is 9. The lowest BCUT2D eigenvalue weighted by Crippen LogP contribution is -2.24. The highest BCUT2D eigenvalue weighted by atomic mass is 16.7. The van der Waals surface area contributed by atoms with Gasteiger partial charge in [0, 0.05) is 26.2 Å². The molecule has 1 N–H and O–H groups in total. The molecule has 1 rings (SSSR count). The molecule has 0 radical (unpaired) electrons. The lowest BCUT2D eigenvalue weighted by Gasteiger charge is -2.16. The number of ether oxygens (including phenoxy) is 2. The van der Waals surface area contributed by atoms with Crippen molar-refractivity contribution >= 4 is 0 Å². The van der Waals surface area contributed by atoms with Gasteiger partial charge in [-0.1, -0.05) is 0 Å². The summed E-state index contributed by atoms with van der Waals surface area (Å²) in [5, 5.41) is 3.31. The second-order valence-corrected chi connectivity index (χ2v) is 3.82. The molecule has 0 saturated carbocycles. The smallest absolute Gasteiger partial charge is 0.158 e. The maximum Gasteiger partial charge on any atom is 0.158 e. The first kappa shape index (κ1) is 14.2. The molecular weight excluding hydrogens is 218 g/mol. The van der Waals surface area contributed by atoms with Crippen LogP contribution in [-0.4, -0.2) is 26.0 Å². The summed E-state index contributed by atoms with van der Waals surface area (Å²) >= 11 is 0. The Kier molecular flexibility index (Phi) is 6.93. The molecule has 0 aromatic carbocycles. The van der Waals surface area contributed by atoms with E-state index in [0.717, 1.165) is 31.0 Å². The fourth-order valence-electron chi connectivity index (χ4n) is 1.60. The molecule has 1 heterocycles. The molecular formula is C13H23NO3. The molecule has 4 nitrogen and oxygen atoms in total. The quantitative estimate of drug-likeness (QED) is 0.533. The molecule has 0 atom stereocenters. The minimum Gasteiger partial charge on any atom is -0.465 e. The number of nitrogens with one attached hydrogen (secondary N) is 1. The SMILES string of the molecule is CCOC(CCNCc1ccc(C)o1)OCC. The van der Waals surface area contributed by atoms with Crippen LogP contribution in [0.5, 0.6) is 0 Å². The molecule has 1 aromatic rings. The molecule has 98 valence electrons. The van der Waals surface area contributed by atoms with Crippen molar-refractivity contribution in [1.29, 1.82) is 0 Å². The Morgan fingerprint density at radius 3 is 2.47 bits per heavy atom. The van der Waals surface area contributed by atoms with Gasteiger partial charge in [-0.05, 0) is 32.9 Å². The van der Waals surface area contributed by atoms with Gasteiger partial charge in [-0.15, -0.1) is 0 Å². The number of furan rings is 1. The molecule has 0 saturated heterocycles. The normalized spacial score (nSPS) is 11.3. The van der Waals surface area contributed by atoms with E-state index in [2.05, 4.69) is 5.32 Å². The van der Waals surface area contributed by atoms with Crippen LogP contribution in [0.15, 0.2) is 16.5 Å². The minimum absolute atomic E-state index is 0.101. The zero-order chi connectivity index (χ0) is 12.5. The minimum atomic E-state index is -0.101. The fraction of sp³-hybridized carbons (Fsp3) is 0.692. The lowest BCUT2D eigenvalue weighted by molar-refractivity contribution is -0.138. The summed E-state index contributed by atoms with van der Waals surface area (Å²) in [5.41, 5.74) is 0. The molecule has 0 amide bonds. The van der Waals surface area contributed by atoms with E-state index in [0.29, 0.717) is 13.2 Å². The third-order valence-electron chi connectivity index (χ3n) is 2.36. The maximum atomic E-state index is 5.46. The predicted octanol–water partition coefficient (Wildman–Crippen LogP) is 2.47. The summed E-state index contributed by atoms with van der Waals surface area (Å²) in [6.07, 6.45) is 0.748. The summed E-state index contributed by atoms with van der Waals surface area (Å²) in [7, 11) is 0. The van der Waals surface area contributed by atoms with Gasteiger partial charge in [-0.25, -0.2) is 0 Å². The second kappa shape index (κ2) is 8.28. The molecule has 0 spiro atoms. The van der Waals surface area contributed by atoms with Gasteiger partial charge in [0.2, 0.25) is 0 Å². The van der Waals surface area contributed by atoms with E-state index in [1.165, 1.54) is 0 Å². The van der Waals surface area contributed by atoms with E-state index in [4.69, 9.17) is 13.9 Å². The van der Waals surface area contributed by atoms with E-state index < -0.39 is 0 Å². The van der Waals surface area contributed by atoms with Gasteiger partial charge in [-0.3, -0.25) is 0 Å². The predicted molar refractivity (Wildman–Crippen MR) is 66.8 cm³/mol. The van der Waals surface area contributed by atoms with Crippen molar-refractivity contribution in [1.82, 2.24) is 5.32 Å². The average molecular weight is 241 g/mol. The first-order chi connectivity index (χ1) is 8.26. The summed E-state index contributed by atoms with van der Waals surface area (Å²) < 4.78 is 16.4. The molecule has 4 heteroatoms. The van der Waals surface area contributed by atoms with Gasteiger partial charge in [0.1, 0.15) is 11.5 Å². The fourth-order valence-corrected chi connectivity index (χ4v) is 1.60.